The summed E-state index contributed by atoms with van der Waals surface area (Å²) in [4.78, 5) is 19.5. The molecule has 0 unspecified atom stereocenters. The first-order chi connectivity index (χ1) is 10.6. The van der Waals surface area contributed by atoms with Crippen LogP contribution >= 0.6 is 22.6 Å². The number of aromatic nitrogens is 2. The number of fused-ring (bicyclic) bond motifs is 1. The van der Waals surface area contributed by atoms with Gasteiger partial charge in [-0.15, -0.1) is 0 Å². The van der Waals surface area contributed by atoms with E-state index < -0.39 is 0 Å². The molecule has 0 amide bonds. The Bertz CT molecular complexity index is 906. The molecule has 112 valence electrons. The van der Waals surface area contributed by atoms with Gasteiger partial charge in [0.25, 0.3) is 5.56 Å². The van der Waals surface area contributed by atoms with Crippen LogP contribution in [0.4, 0.5) is 0 Å². The van der Waals surface area contributed by atoms with Gasteiger partial charge in [0.05, 0.1) is 28.7 Å². The number of nitrogens with one attached hydrogen (secondary N) is 1. The quantitative estimate of drug-likeness (QED) is 0.677. The normalized spacial score (nSPS) is 10.7. The van der Waals surface area contributed by atoms with Gasteiger partial charge >= 0.3 is 0 Å². The van der Waals surface area contributed by atoms with E-state index in [2.05, 4.69) is 32.6 Å². The van der Waals surface area contributed by atoms with E-state index in [1.165, 1.54) is 0 Å². The standard InChI is InChI=1S/C16H13IN2O3/c1-21-13-8-9(7-11(17)14(13)22-2)15-18-12-6-4-3-5-10(12)16(20)19-15/h3-8H,1-2H3,(H,18,19,20). The molecular weight excluding hydrogens is 395 g/mol. The SMILES string of the molecule is COc1cc(-c2nc3ccccc3c(=O)[nH]2)cc(I)c1OC. The van der Waals surface area contributed by atoms with Crippen molar-refractivity contribution >= 4 is 33.5 Å². The van der Waals surface area contributed by atoms with Gasteiger partial charge in [0.2, 0.25) is 0 Å². The van der Waals surface area contributed by atoms with Crippen LogP contribution in [0.5, 0.6) is 11.5 Å². The number of hydrogen-bond acceptors (Lipinski definition) is 4. The molecule has 0 spiro atoms. The third-order valence-electron chi connectivity index (χ3n) is 3.32. The van der Waals surface area contributed by atoms with Crippen molar-refractivity contribution in [2.24, 2.45) is 0 Å². The third-order valence-corrected chi connectivity index (χ3v) is 4.12. The molecule has 2 aromatic carbocycles. The second-order valence-electron chi connectivity index (χ2n) is 4.63. The molecule has 0 atom stereocenters. The van der Waals surface area contributed by atoms with Crippen LogP contribution in [0.3, 0.4) is 0 Å². The monoisotopic (exact) mass is 408 g/mol. The van der Waals surface area contributed by atoms with E-state index in [-0.39, 0.29) is 5.56 Å². The van der Waals surface area contributed by atoms with E-state index in [4.69, 9.17) is 9.47 Å². The summed E-state index contributed by atoms with van der Waals surface area (Å²) in [5.74, 6) is 1.76. The summed E-state index contributed by atoms with van der Waals surface area (Å²) in [7, 11) is 3.17. The molecule has 0 aliphatic heterocycles. The van der Waals surface area contributed by atoms with Crippen molar-refractivity contribution in [2.75, 3.05) is 14.2 Å². The number of aromatic amines is 1. The zero-order valence-corrected chi connectivity index (χ0v) is 14.2. The lowest BCUT2D eigenvalue weighted by Gasteiger charge is -2.12. The van der Waals surface area contributed by atoms with Crippen LogP contribution in [0.15, 0.2) is 41.2 Å². The fraction of sp³-hybridized carbons (Fsp3) is 0.125. The minimum Gasteiger partial charge on any atom is -0.493 e. The first kappa shape index (κ1) is 14.8. The molecule has 22 heavy (non-hydrogen) atoms. The second-order valence-corrected chi connectivity index (χ2v) is 5.79. The second kappa shape index (κ2) is 5.96. The zero-order valence-electron chi connectivity index (χ0n) is 12.0. The van der Waals surface area contributed by atoms with Crippen LogP contribution in [0.2, 0.25) is 0 Å². The summed E-state index contributed by atoms with van der Waals surface area (Å²) in [6.45, 7) is 0. The van der Waals surface area contributed by atoms with E-state index in [1.807, 2.05) is 24.3 Å². The highest BCUT2D eigenvalue weighted by molar-refractivity contribution is 14.1. The van der Waals surface area contributed by atoms with Crippen LogP contribution in [-0.4, -0.2) is 24.2 Å². The van der Waals surface area contributed by atoms with Crippen LogP contribution in [0, 0.1) is 3.57 Å². The van der Waals surface area contributed by atoms with Gasteiger partial charge in [-0.3, -0.25) is 4.79 Å². The Morgan fingerprint density at radius 2 is 1.91 bits per heavy atom. The molecule has 1 heterocycles. The number of para-hydroxylation sites is 1. The molecule has 0 fully saturated rings. The van der Waals surface area contributed by atoms with E-state index in [1.54, 1.807) is 26.4 Å². The van der Waals surface area contributed by atoms with Crippen LogP contribution in [0.1, 0.15) is 0 Å². The predicted octanol–water partition coefficient (Wildman–Crippen LogP) is 3.21. The number of hydrogen-bond donors (Lipinski definition) is 1. The van der Waals surface area contributed by atoms with Crippen molar-refractivity contribution < 1.29 is 9.47 Å². The number of rotatable bonds is 3. The number of ether oxygens (including phenoxy) is 2. The Hall–Kier alpha value is -2.09. The maximum atomic E-state index is 12.2. The zero-order chi connectivity index (χ0) is 15.7. The average Bonchev–Trinajstić information content (AvgIpc) is 2.54. The van der Waals surface area contributed by atoms with Gasteiger partial charge in [-0.25, -0.2) is 4.98 Å². The molecule has 0 saturated carbocycles. The minimum atomic E-state index is -0.162. The number of halogens is 1. The van der Waals surface area contributed by atoms with Crippen LogP contribution < -0.4 is 15.0 Å². The molecule has 0 saturated heterocycles. The molecule has 1 aromatic heterocycles. The summed E-state index contributed by atoms with van der Waals surface area (Å²) in [5.41, 5.74) is 1.27. The molecule has 3 rings (SSSR count). The first-order valence-corrected chi connectivity index (χ1v) is 7.63. The minimum absolute atomic E-state index is 0.162. The maximum Gasteiger partial charge on any atom is 0.259 e. The molecule has 6 heteroatoms. The van der Waals surface area contributed by atoms with Gasteiger partial charge < -0.3 is 14.5 Å². The molecule has 3 aromatic rings. The molecule has 0 aliphatic carbocycles. The summed E-state index contributed by atoms with van der Waals surface area (Å²) >= 11 is 2.16. The van der Waals surface area contributed by atoms with E-state index in [0.717, 1.165) is 9.13 Å². The van der Waals surface area contributed by atoms with Gasteiger partial charge in [0, 0.05) is 5.56 Å². The maximum absolute atomic E-state index is 12.2. The molecule has 1 N–H and O–H groups in total. The van der Waals surface area contributed by atoms with Crippen LogP contribution in [-0.2, 0) is 0 Å². The number of nitrogens with zero attached hydrogens (tertiary/aromatic N) is 1. The summed E-state index contributed by atoms with van der Waals surface area (Å²) in [6.07, 6.45) is 0. The van der Waals surface area contributed by atoms with Crippen molar-refractivity contribution in [3.05, 3.63) is 50.3 Å². The fourth-order valence-corrected chi connectivity index (χ4v) is 3.10. The van der Waals surface area contributed by atoms with Crippen molar-refractivity contribution in [3.63, 3.8) is 0 Å². The molecule has 0 aliphatic rings. The Kier molecular flexibility index (Phi) is 4.02. The highest BCUT2D eigenvalue weighted by Gasteiger charge is 2.13. The van der Waals surface area contributed by atoms with Crippen molar-refractivity contribution in [3.8, 4) is 22.9 Å². The Balaban J connectivity index is 2.23. The van der Waals surface area contributed by atoms with Gasteiger partial charge in [-0.1, -0.05) is 12.1 Å². The van der Waals surface area contributed by atoms with Gasteiger partial charge in [0.1, 0.15) is 5.82 Å². The van der Waals surface area contributed by atoms with Crippen molar-refractivity contribution in [1.82, 2.24) is 9.97 Å². The summed E-state index contributed by atoms with van der Waals surface area (Å²) in [5, 5.41) is 0.571. The highest BCUT2D eigenvalue weighted by Crippen LogP contribution is 2.36. The topological polar surface area (TPSA) is 64.2 Å². The molecular formula is C16H13IN2O3. The predicted molar refractivity (Wildman–Crippen MR) is 93.6 cm³/mol. The number of benzene rings is 2. The van der Waals surface area contributed by atoms with Crippen molar-refractivity contribution in [2.45, 2.75) is 0 Å². The van der Waals surface area contributed by atoms with E-state index in [9.17, 15) is 4.79 Å². The Labute approximate surface area is 140 Å². The lowest BCUT2D eigenvalue weighted by atomic mass is 10.1. The fourth-order valence-electron chi connectivity index (χ4n) is 2.28. The molecule has 5 nitrogen and oxygen atoms in total. The number of H-pyrrole nitrogens is 1. The first-order valence-electron chi connectivity index (χ1n) is 6.55. The average molecular weight is 408 g/mol. The van der Waals surface area contributed by atoms with Crippen LogP contribution in [0.25, 0.3) is 22.3 Å². The van der Waals surface area contributed by atoms with Gasteiger partial charge in [-0.2, -0.15) is 0 Å². The van der Waals surface area contributed by atoms with Crippen molar-refractivity contribution in [1.29, 1.82) is 0 Å². The lowest BCUT2D eigenvalue weighted by molar-refractivity contribution is 0.353. The summed E-state index contributed by atoms with van der Waals surface area (Å²) in [6, 6.07) is 10.9. The highest BCUT2D eigenvalue weighted by atomic mass is 127. The largest absolute Gasteiger partial charge is 0.493 e. The van der Waals surface area contributed by atoms with E-state index >= 15 is 0 Å². The number of methoxy groups -OCH3 is 2. The lowest BCUT2D eigenvalue weighted by Crippen LogP contribution is -2.09. The Morgan fingerprint density at radius 1 is 1.14 bits per heavy atom. The van der Waals surface area contributed by atoms with Gasteiger partial charge in [-0.05, 0) is 46.9 Å². The molecule has 0 bridgehead atoms. The smallest absolute Gasteiger partial charge is 0.259 e. The van der Waals surface area contributed by atoms with Gasteiger partial charge in [0.15, 0.2) is 11.5 Å². The van der Waals surface area contributed by atoms with E-state index in [0.29, 0.717) is 28.2 Å². The summed E-state index contributed by atoms with van der Waals surface area (Å²) < 4.78 is 11.6. The Morgan fingerprint density at radius 3 is 2.64 bits per heavy atom. The third kappa shape index (κ3) is 2.54. The molecule has 0 radical (unpaired) electrons.